The molecule has 4 heteroatoms. The van der Waals surface area contributed by atoms with Gasteiger partial charge in [0.2, 0.25) is 0 Å². The number of benzene rings is 4. The maximum Gasteiger partial charge on any atom is 0.155 e. The minimum absolute atomic E-state index is 0.948. The van der Waals surface area contributed by atoms with E-state index in [0.29, 0.717) is 0 Å². The van der Waals surface area contributed by atoms with Gasteiger partial charge >= 0.3 is 0 Å². The van der Waals surface area contributed by atoms with Crippen molar-refractivity contribution in [1.82, 2.24) is 0 Å². The topological polar surface area (TPSA) is 13.0 Å². The van der Waals surface area contributed by atoms with E-state index in [1.165, 1.54) is 22.5 Å². The lowest BCUT2D eigenvalue weighted by molar-refractivity contribution is 0.659. The number of hydrogen-bond donors (Lipinski definition) is 0. The van der Waals surface area contributed by atoms with Crippen LogP contribution in [0.25, 0.3) is 0 Å². The molecule has 0 fully saturated rings. The highest BCUT2D eigenvalue weighted by molar-refractivity contribution is 5.69. The summed E-state index contributed by atoms with van der Waals surface area (Å²) in [6, 6.07) is 39.3. The third kappa shape index (κ3) is 5.40. The lowest BCUT2D eigenvalue weighted by Gasteiger charge is -2.43. The van der Waals surface area contributed by atoms with Gasteiger partial charge in [0, 0.05) is 49.9 Å². The van der Waals surface area contributed by atoms with Gasteiger partial charge in [-0.3, -0.25) is 0 Å². The fourth-order valence-corrected chi connectivity index (χ4v) is 5.16. The van der Waals surface area contributed by atoms with E-state index in [-0.39, 0.29) is 0 Å². The largest absolute Gasteiger partial charge is 0.328 e. The summed E-state index contributed by atoms with van der Waals surface area (Å²) in [4.78, 5) is 9.70. The van der Waals surface area contributed by atoms with Crippen molar-refractivity contribution in [2.75, 3.05) is 46.8 Å². The zero-order chi connectivity index (χ0) is 26.5. The summed E-state index contributed by atoms with van der Waals surface area (Å²) in [7, 11) is 4.39. The summed E-state index contributed by atoms with van der Waals surface area (Å²) >= 11 is 0. The highest BCUT2D eigenvalue weighted by Crippen LogP contribution is 2.35. The molecule has 0 unspecified atom stereocenters. The summed E-state index contributed by atoms with van der Waals surface area (Å²) in [6.07, 6.45) is 2.20. The maximum atomic E-state index is 2.50. The molecule has 0 saturated carbocycles. The maximum absolute atomic E-state index is 2.50. The Balaban J connectivity index is 1.80. The van der Waals surface area contributed by atoms with E-state index in [1.807, 2.05) is 0 Å². The van der Waals surface area contributed by atoms with E-state index in [2.05, 4.69) is 157 Å². The molecule has 1 aliphatic rings. The molecule has 0 bridgehead atoms. The van der Waals surface area contributed by atoms with Crippen molar-refractivity contribution in [3.05, 3.63) is 132 Å². The van der Waals surface area contributed by atoms with E-state index < -0.39 is 0 Å². The minimum atomic E-state index is 0.948. The van der Waals surface area contributed by atoms with Gasteiger partial charge in [0.15, 0.2) is 11.6 Å². The molecule has 0 N–H and O–H groups in total. The third-order valence-corrected chi connectivity index (χ3v) is 7.34. The number of aryl methyl sites for hydroxylation is 2. The molecule has 1 heterocycles. The quantitative estimate of drug-likeness (QED) is 0.266. The van der Waals surface area contributed by atoms with Crippen molar-refractivity contribution in [1.29, 1.82) is 0 Å². The fourth-order valence-electron chi connectivity index (χ4n) is 5.16. The molecule has 4 aromatic carbocycles. The Morgan fingerprint density at radius 1 is 0.474 bits per heavy atom. The predicted octanol–water partition coefficient (Wildman–Crippen LogP) is 7.81. The van der Waals surface area contributed by atoms with Crippen LogP contribution in [0.1, 0.15) is 24.0 Å². The van der Waals surface area contributed by atoms with Gasteiger partial charge in [-0.2, -0.15) is 0 Å². The van der Waals surface area contributed by atoms with Crippen LogP contribution < -0.4 is 19.6 Å². The van der Waals surface area contributed by atoms with E-state index >= 15 is 0 Å². The van der Waals surface area contributed by atoms with Crippen LogP contribution in [0.5, 0.6) is 0 Å². The Kier molecular flexibility index (Phi) is 7.69. The van der Waals surface area contributed by atoms with Gasteiger partial charge in [-0.05, 0) is 75.2 Å². The van der Waals surface area contributed by atoms with Crippen molar-refractivity contribution >= 4 is 22.7 Å². The van der Waals surface area contributed by atoms with Crippen LogP contribution >= 0.6 is 0 Å². The van der Waals surface area contributed by atoms with Crippen molar-refractivity contribution in [3.63, 3.8) is 0 Å². The Bertz CT molecular complexity index is 1240. The van der Waals surface area contributed by atoms with E-state index in [1.54, 1.807) is 0 Å². The Hall–Kier alpha value is -4.18. The van der Waals surface area contributed by atoms with Crippen molar-refractivity contribution in [3.8, 4) is 0 Å². The molecule has 0 spiro atoms. The molecule has 4 nitrogen and oxygen atoms in total. The van der Waals surface area contributed by atoms with Gasteiger partial charge in [0.25, 0.3) is 0 Å². The normalized spacial score (nSPS) is 16.1. The number of rotatable bonds is 6. The second-order valence-electron chi connectivity index (χ2n) is 10.1. The van der Waals surface area contributed by atoms with Crippen LogP contribution in [-0.2, 0) is 0 Å². The first kappa shape index (κ1) is 25.5. The van der Waals surface area contributed by atoms with Crippen LogP contribution in [0.4, 0.5) is 22.7 Å². The highest BCUT2D eigenvalue weighted by atomic mass is 15.4. The lowest BCUT2D eigenvalue weighted by atomic mass is 10.1. The van der Waals surface area contributed by atoms with Crippen LogP contribution in [-0.4, -0.2) is 27.2 Å². The summed E-state index contributed by atoms with van der Waals surface area (Å²) in [5, 5.41) is 0. The van der Waals surface area contributed by atoms with Gasteiger partial charge in [-0.15, -0.1) is 0 Å². The lowest BCUT2D eigenvalue weighted by Crippen LogP contribution is -2.46. The molecule has 194 valence electrons. The smallest absolute Gasteiger partial charge is 0.155 e. The third-order valence-electron chi connectivity index (χ3n) is 7.34. The molecule has 4 aromatic rings. The summed E-state index contributed by atoms with van der Waals surface area (Å²) < 4.78 is 0. The average molecular weight is 503 g/mol. The van der Waals surface area contributed by atoms with Crippen LogP contribution in [0.2, 0.25) is 0 Å². The molecule has 0 amide bonds. The van der Waals surface area contributed by atoms with E-state index in [9.17, 15) is 0 Å². The molecule has 0 atom stereocenters. The molecule has 0 saturated heterocycles. The van der Waals surface area contributed by atoms with Crippen molar-refractivity contribution in [2.45, 2.75) is 26.7 Å². The standard InChI is InChI=1S/C34H38N4/c1-27-17-21-31(22-18-27)37-25-11-12-26-38(32-23-19-28(2)20-24-32)34(36(4)30-15-9-6-10-16-30)33(37)35(3)29-13-7-5-8-14-29/h5-10,13-24H,11-12,25-26H2,1-4H3/b34-33-. The molecule has 0 radical (unpaired) electrons. The zero-order valence-corrected chi connectivity index (χ0v) is 23.0. The second kappa shape index (κ2) is 11.5. The number of para-hydroxylation sites is 2. The van der Waals surface area contributed by atoms with E-state index in [4.69, 9.17) is 0 Å². The summed E-state index contributed by atoms with van der Waals surface area (Å²) in [5.74, 6) is 2.32. The van der Waals surface area contributed by atoms with Crippen molar-refractivity contribution < 1.29 is 0 Å². The van der Waals surface area contributed by atoms with Crippen molar-refractivity contribution in [2.24, 2.45) is 0 Å². The summed E-state index contributed by atoms with van der Waals surface area (Å²) in [5.41, 5.74) is 7.26. The number of anilines is 4. The Morgan fingerprint density at radius 3 is 1.16 bits per heavy atom. The molecule has 1 aliphatic heterocycles. The molecule has 38 heavy (non-hydrogen) atoms. The first-order valence-corrected chi connectivity index (χ1v) is 13.5. The SMILES string of the molecule is Cc1ccc(N2CCCCN(c3ccc(C)cc3)/C(N(C)c3ccccc3)=C\2N(C)c2ccccc2)cc1. The first-order valence-electron chi connectivity index (χ1n) is 13.5. The van der Waals surface area contributed by atoms with Gasteiger partial charge in [-0.1, -0.05) is 71.8 Å². The van der Waals surface area contributed by atoms with Crippen LogP contribution in [0.15, 0.2) is 121 Å². The molecular formula is C34H38N4. The molecule has 5 rings (SSSR count). The molecule has 0 aromatic heterocycles. The molecular weight excluding hydrogens is 464 g/mol. The predicted molar refractivity (Wildman–Crippen MR) is 163 cm³/mol. The van der Waals surface area contributed by atoms with Gasteiger partial charge in [0.1, 0.15) is 0 Å². The summed E-state index contributed by atoms with van der Waals surface area (Å²) in [6.45, 7) is 6.20. The second-order valence-corrected chi connectivity index (χ2v) is 10.1. The van der Waals surface area contributed by atoms with Crippen LogP contribution in [0.3, 0.4) is 0 Å². The Morgan fingerprint density at radius 2 is 0.816 bits per heavy atom. The fraction of sp³-hybridized carbons (Fsp3) is 0.235. The molecule has 0 aliphatic carbocycles. The number of nitrogens with zero attached hydrogens (tertiary/aromatic N) is 4. The number of hydrogen-bond acceptors (Lipinski definition) is 4. The van der Waals surface area contributed by atoms with Gasteiger partial charge in [0.05, 0.1) is 0 Å². The highest BCUT2D eigenvalue weighted by Gasteiger charge is 2.30. The first-order chi connectivity index (χ1) is 18.5. The zero-order valence-electron chi connectivity index (χ0n) is 23.0. The van der Waals surface area contributed by atoms with E-state index in [0.717, 1.165) is 48.9 Å². The van der Waals surface area contributed by atoms with Crippen LogP contribution in [0, 0.1) is 13.8 Å². The Labute approximate surface area is 228 Å². The monoisotopic (exact) mass is 502 g/mol. The van der Waals surface area contributed by atoms with Gasteiger partial charge < -0.3 is 19.6 Å². The van der Waals surface area contributed by atoms with Gasteiger partial charge in [-0.25, -0.2) is 0 Å². The average Bonchev–Trinajstić information content (AvgIpc) is 2.95. The minimum Gasteiger partial charge on any atom is -0.328 e.